The minimum Gasteiger partial charge on any atom is -0.507 e. The number of aryl methyl sites for hydroxylation is 2. The summed E-state index contributed by atoms with van der Waals surface area (Å²) in [5, 5.41) is 10.6. The lowest BCUT2D eigenvalue weighted by Gasteiger charge is -2.06. The molecule has 0 spiro atoms. The molecular weight excluding hydrogens is 242 g/mol. The third-order valence-corrected chi connectivity index (χ3v) is 3.02. The molecule has 1 heterocycles. The molecule has 2 aromatic rings. The molecule has 0 fully saturated rings. The number of phenols is 1. The molecule has 0 unspecified atom stereocenters. The first-order chi connectivity index (χ1) is 6.59. The summed E-state index contributed by atoms with van der Waals surface area (Å²) in [5.41, 5.74) is 2.96. The molecule has 0 amide bonds. The molecule has 2 rings (SSSR count). The van der Waals surface area contributed by atoms with Crippen LogP contribution in [0.4, 0.5) is 0 Å². The molecule has 2 nitrogen and oxygen atoms in total. The van der Waals surface area contributed by atoms with Crippen LogP contribution in [0.5, 0.6) is 5.75 Å². The number of fused-ring (bicyclic) bond motifs is 1. The van der Waals surface area contributed by atoms with Gasteiger partial charge in [0.2, 0.25) is 0 Å². The van der Waals surface area contributed by atoms with Crippen LogP contribution < -0.4 is 0 Å². The number of hydrogen-bond acceptors (Lipinski definition) is 2. The molecule has 1 aromatic carbocycles. The van der Waals surface area contributed by atoms with E-state index in [1.807, 2.05) is 26.0 Å². The Hall–Kier alpha value is -1.09. The molecule has 0 saturated heterocycles. The van der Waals surface area contributed by atoms with Gasteiger partial charge in [-0.1, -0.05) is 0 Å². The van der Waals surface area contributed by atoms with Crippen LogP contribution in [0.25, 0.3) is 10.9 Å². The molecule has 0 aliphatic carbocycles. The Labute approximate surface area is 90.7 Å². The highest BCUT2D eigenvalue weighted by atomic mass is 79.9. The zero-order valence-electron chi connectivity index (χ0n) is 8.00. The second kappa shape index (κ2) is 3.24. The summed E-state index contributed by atoms with van der Waals surface area (Å²) in [6.45, 7) is 3.99. The number of nitrogens with zero attached hydrogens (tertiary/aromatic N) is 1. The van der Waals surface area contributed by atoms with E-state index >= 15 is 0 Å². The first-order valence-electron chi connectivity index (χ1n) is 4.35. The maximum atomic E-state index is 9.51. The van der Waals surface area contributed by atoms with Gasteiger partial charge in [-0.15, -0.1) is 0 Å². The van der Waals surface area contributed by atoms with E-state index < -0.39 is 0 Å². The zero-order valence-corrected chi connectivity index (χ0v) is 9.59. The summed E-state index contributed by atoms with van der Waals surface area (Å²) < 4.78 is 0.668. The van der Waals surface area contributed by atoms with E-state index in [1.54, 1.807) is 6.07 Å². The minimum atomic E-state index is 0.231. The Bertz CT molecular complexity index is 508. The molecule has 72 valence electrons. The fourth-order valence-corrected chi connectivity index (χ4v) is 2.02. The van der Waals surface area contributed by atoms with E-state index in [0.29, 0.717) is 4.47 Å². The maximum Gasteiger partial charge on any atom is 0.132 e. The Balaban J connectivity index is 2.95. The number of pyridine rings is 1. The SMILES string of the molecule is Cc1cc(C)c2ccc(O)c(Br)c2n1. The first-order valence-corrected chi connectivity index (χ1v) is 5.14. The fourth-order valence-electron chi connectivity index (χ4n) is 1.58. The summed E-state index contributed by atoms with van der Waals surface area (Å²) in [6.07, 6.45) is 0. The fraction of sp³-hybridized carbons (Fsp3) is 0.182. The van der Waals surface area contributed by atoms with Crippen LogP contribution >= 0.6 is 15.9 Å². The lowest BCUT2D eigenvalue weighted by molar-refractivity contribution is 0.473. The van der Waals surface area contributed by atoms with Gasteiger partial charge in [0.1, 0.15) is 5.75 Å². The van der Waals surface area contributed by atoms with E-state index in [-0.39, 0.29) is 5.75 Å². The van der Waals surface area contributed by atoms with Gasteiger partial charge in [0.05, 0.1) is 9.99 Å². The monoisotopic (exact) mass is 251 g/mol. The lowest BCUT2D eigenvalue weighted by Crippen LogP contribution is -1.88. The van der Waals surface area contributed by atoms with Crippen LogP contribution in [0.2, 0.25) is 0 Å². The maximum absolute atomic E-state index is 9.51. The smallest absolute Gasteiger partial charge is 0.132 e. The molecule has 0 bridgehead atoms. The number of hydrogen-bond donors (Lipinski definition) is 1. The van der Waals surface area contributed by atoms with Gasteiger partial charge in [0.15, 0.2) is 0 Å². The first kappa shape index (κ1) is 9.46. The van der Waals surface area contributed by atoms with E-state index in [9.17, 15) is 5.11 Å². The predicted octanol–water partition coefficient (Wildman–Crippen LogP) is 3.32. The van der Waals surface area contributed by atoms with Crippen LogP contribution in [0.15, 0.2) is 22.7 Å². The normalized spacial score (nSPS) is 10.8. The Morgan fingerprint density at radius 3 is 2.71 bits per heavy atom. The molecular formula is C11H10BrNO. The Morgan fingerprint density at radius 1 is 1.29 bits per heavy atom. The van der Waals surface area contributed by atoms with Crippen molar-refractivity contribution in [2.45, 2.75) is 13.8 Å². The van der Waals surface area contributed by atoms with Crippen LogP contribution in [0, 0.1) is 13.8 Å². The van der Waals surface area contributed by atoms with Gasteiger partial charge in [-0.05, 0) is 53.5 Å². The number of benzene rings is 1. The van der Waals surface area contributed by atoms with Crippen molar-refractivity contribution in [2.75, 3.05) is 0 Å². The second-order valence-electron chi connectivity index (χ2n) is 3.38. The number of aromatic nitrogens is 1. The molecule has 0 aliphatic heterocycles. The molecule has 3 heteroatoms. The minimum absolute atomic E-state index is 0.231. The van der Waals surface area contributed by atoms with Crippen LogP contribution in [0.3, 0.4) is 0 Å². The third kappa shape index (κ3) is 1.38. The van der Waals surface area contributed by atoms with Gasteiger partial charge in [0, 0.05) is 11.1 Å². The summed E-state index contributed by atoms with van der Waals surface area (Å²) >= 11 is 3.34. The number of halogens is 1. The van der Waals surface area contributed by atoms with E-state index in [0.717, 1.165) is 16.6 Å². The Morgan fingerprint density at radius 2 is 2.00 bits per heavy atom. The highest BCUT2D eigenvalue weighted by Gasteiger charge is 2.07. The molecule has 1 aromatic heterocycles. The summed E-state index contributed by atoms with van der Waals surface area (Å²) in [6, 6.07) is 5.60. The number of phenolic OH excluding ortho intramolecular Hbond substituents is 1. The van der Waals surface area contributed by atoms with Gasteiger partial charge in [-0.3, -0.25) is 4.98 Å². The molecule has 0 aliphatic rings. The average molecular weight is 252 g/mol. The molecule has 14 heavy (non-hydrogen) atoms. The van der Waals surface area contributed by atoms with Crippen molar-refractivity contribution >= 4 is 26.8 Å². The summed E-state index contributed by atoms with van der Waals surface area (Å²) in [4.78, 5) is 4.39. The standard InChI is InChI=1S/C11H10BrNO/c1-6-5-7(2)13-11-8(6)3-4-9(14)10(11)12/h3-5,14H,1-2H3. The second-order valence-corrected chi connectivity index (χ2v) is 4.17. The molecule has 1 N–H and O–H groups in total. The summed E-state index contributed by atoms with van der Waals surface area (Å²) in [5.74, 6) is 0.231. The Kier molecular flexibility index (Phi) is 2.19. The van der Waals surface area contributed by atoms with E-state index in [1.165, 1.54) is 5.56 Å². The van der Waals surface area contributed by atoms with Crippen molar-refractivity contribution in [3.05, 3.63) is 33.9 Å². The van der Waals surface area contributed by atoms with Crippen molar-refractivity contribution in [1.82, 2.24) is 4.98 Å². The predicted molar refractivity (Wildman–Crippen MR) is 60.6 cm³/mol. The quantitative estimate of drug-likeness (QED) is 0.780. The van der Waals surface area contributed by atoms with Crippen molar-refractivity contribution in [3.8, 4) is 5.75 Å². The highest BCUT2D eigenvalue weighted by molar-refractivity contribution is 9.10. The van der Waals surface area contributed by atoms with Crippen molar-refractivity contribution < 1.29 is 5.11 Å². The van der Waals surface area contributed by atoms with Gasteiger partial charge in [-0.2, -0.15) is 0 Å². The largest absolute Gasteiger partial charge is 0.507 e. The van der Waals surface area contributed by atoms with Gasteiger partial charge >= 0.3 is 0 Å². The number of rotatable bonds is 0. The van der Waals surface area contributed by atoms with E-state index in [2.05, 4.69) is 20.9 Å². The van der Waals surface area contributed by atoms with Crippen molar-refractivity contribution in [1.29, 1.82) is 0 Å². The lowest BCUT2D eigenvalue weighted by atomic mass is 10.1. The van der Waals surface area contributed by atoms with Gasteiger partial charge < -0.3 is 5.11 Å². The van der Waals surface area contributed by atoms with Crippen LogP contribution in [-0.2, 0) is 0 Å². The zero-order chi connectivity index (χ0) is 10.3. The van der Waals surface area contributed by atoms with Crippen LogP contribution in [0.1, 0.15) is 11.3 Å². The van der Waals surface area contributed by atoms with E-state index in [4.69, 9.17) is 0 Å². The topological polar surface area (TPSA) is 33.1 Å². The summed E-state index contributed by atoms with van der Waals surface area (Å²) in [7, 11) is 0. The van der Waals surface area contributed by atoms with Crippen LogP contribution in [-0.4, -0.2) is 10.1 Å². The highest BCUT2D eigenvalue weighted by Crippen LogP contribution is 2.32. The molecule has 0 saturated carbocycles. The molecule has 0 atom stereocenters. The van der Waals surface area contributed by atoms with Gasteiger partial charge in [0.25, 0.3) is 0 Å². The van der Waals surface area contributed by atoms with Gasteiger partial charge in [-0.25, -0.2) is 0 Å². The van der Waals surface area contributed by atoms with Crippen molar-refractivity contribution in [3.63, 3.8) is 0 Å². The number of aromatic hydroxyl groups is 1. The van der Waals surface area contributed by atoms with Crippen molar-refractivity contribution in [2.24, 2.45) is 0 Å². The molecule has 0 radical (unpaired) electrons. The third-order valence-electron chi connectivity index (χ3n) is 2.23. The average Bonchev–Trinajstić information content (AvgIpc) is 2.12.